The summed E-state index contributed by atoms with van der Waals surface area (Å²) in [5.41, 5.74) is 0.491. The highest BCUT2D eigenvalue weighted by Crippen LogP contribution is 2.28. The van der Waals surface area contributed by atoms with Gasteiger partial charge in [0.15, 0.2) is 9.84 Å². The van der Waals surface area contributed by atoms with Gasteiger partial charge in [0, 0.05) is 18.6 Å². The van der Waals surface area contributed by atoms with E-state index in [1.165, 1.54) is 24.1 Å². The highest BCUT2D eigenvalue weighted by Gasteiger charge is 2.50. The summed E-state index contributed by atoms with van der Waals surface area (Å²) in [4.78, 5) is 38.7. The first-order valence-electron chi connectivity index (χ1n) is 9.76. The second kappa shape index (κ2) is 8.55. The molecule has 3 amide bonds. The lowest BCUT2D eigenvalue weighted by Gasteiger charge is -2.22. The van der Waals surface area contributed by atoms with Gasteiger partial charge in [-0.1, -0.05) is 35.9 Å². The van der Waals surface area contributed by atoms with Crippen LogP contribution >= 0.6 is 11.6 Å². The molecule has 8 nitrogen and oxygen atoms in total. The van der Waals surface area contributed by atoms with Crippen LogP contribution in [0.15, 0.2) is 53.4 Å². The molecule has 32 heavy (non-hydrogen) atoms. The van der Waals surface area contributed by atoms with Gasteiger partial charge in [0.05, 0.1) is 16.6 Å². The Morgan fingerprint density at radius 1 is 1.03 bits per heavy atom. The van der Waals surface area contributed by atoms with E-state index >= 15 is 0 Å². The molecule has 0 radical (unpaired) electrons. The minimum atomic E-state index is -3.99. The number of urea groups is 1. The van der Waals surface area contributed by atoms with Crippen molar-refractivity contribution in [3.05, 3.63) is 53.6 Å². The van der Waals surface area contributed by atoms with Crippen molar-refractivity contribution in [2.24, 2.45) is 5.92 Å². The molecule has 0 aliphatic carbocycles. The largest absolute Gasteiger partial charge is 0.481 e. The molecule has 0 saturated carbocycles. The number of carbonyl (C=O) groups excluding carboxylic acids is 2. The molecule has 1 aliphatic rings. The molecule has 1 fully saturated rings. The number of hydrogen-bond donors (Lipinski definition) is 1. The van der Waals surface area contributed by atoms with Gasteiger partial charge in [-0.05, 0) is 49.2 Å². The monoisotopic (exact) mass is 478 g/mol. The van der Waals surface area contributed by atoms with E-state index in [1.807, 2.05) is 0 Å². The Morgan fingerprint density at radius 2 is 1.53 bits per heavy atom. The van der Waals surface area contributed by atoms with E-state index in [0.29, 0.717) is 5.02 Å². The summed E-state index contributed by atoms with van der Waals surface area (Å²) in [6.45, 7) is 2.56. The van der Waals surface area contributed by atoms with Gasteiger partial charge in [-0.25, -0.2) is 13.2 Å². The lowest BCUT2D eigenvalue weighted by molar-refractivity contribution is -0.142. The second-order valence-corrected chi connectivity index (χ2v) is 10.6. The highest BCUT2D eigenvalue weighted by atomic mass is 35.5. The lowest BCUT2D eigenvalue weighted by Crippen LogP contribution is -2.43. The Morgan fingerprint density at radius 3 is 1.97 bits per heavy atom. The SMILES string of the molecule is CN1C(=O)N(C[C@H](CS(=O)(=O)c2ccc(-c3ccc(Cl)cc3)cc2)C(=O)O)C(=O)C1(C)C. The van der Waals surface area contributed by atoms with Crippen molar-refractivity contribution in [3.8, 4) is 11.1 Å². The van der Waals surface area contributed by atoms with E-state index in [-0.39, 0.29) is 4.90 Å². The number of likely N-dealkylation sites (N-methyl/N-ethyl adjacent to an activating group) is 1. The number of carboxylic acid groups (broad SMARTS) is 1. The predicted molar refractivity (Wildman–Crippen MR) is 119 cm³/mol. The van der Waals surface area contributed by atoms with Gasteiger partial charge in [0.2, 0.25) is 0 Å². The summed E-state index contributed by atoms with van der Waals surface area (Å²) < 4.78 is 25.8. The minimum absolute atomic E-state index is 0.0435. The number of nitrogens with zero attached hydrogens (tertiary/aromatic N) is 2. The average Bonchev–Trinajstić information content (AvgIpc) is 2.88. The fourth-order valence-electron chi connectivity index (χ4n) is 3.42. The minimum Gasteiger partial charge on any atom is -0.481 e. The molecular formula is C22H23ClN2O6S. The predicted octanol–water partition coefficient (Wildman–Crippen LogP) is 3.15. The highest BCUT2D eigenvalue weighted by molar-refractivity contribution is 7.91. The molecule has 0 spiro atoms. The van der Waals surface area contributed by atoms with Crippen molar-refractivity contribution in [1.29, 1.82) is 0 Å². The van der Waals surface area contributed by atoms with Crippen LogP contribution in [0.4, 0.5) is 4.79 Å². The molecule has 1 atom stereocenters. The fraction of sp³-hybridized carbons (Fsp3) is 0.318. The number of sulfone groups is 1. The molecule has 1 saturated heterocycles. The van der Waals surface area contributed by atoms with E-state index < -0.39 is 51.5 Å². The summed E-state index contributed by atoms with van der Waals surface area (Å²) in [6.07, 6.45) is 0. The van der Waals surface area contributed by atoms with Gasteiger partial charge in [-0.3, -0.25) is 14.5 Å². The van der Waals surface area contributed by atoms with Crippen LogP contribution in [-0.4, -0.2) is 66.1 Å². The summed E-state index contributed by atoms with van der Waals surface area (Å²) in [7, 11) is -2.55. The maximum Gasteiger partial charge on any atom is 0.327 e. The Hall–Kier alpha value is -2.91. The molecule has 10 heteroatoms. The molecule has 0 aromatic heterocycles. The number of amides is 3. The summed E-state index contributed by atoms with van der Waals surface area (Å²) in [6, 6.07) is 12.4. The zero-order valence-corrected chi connectivity index (χ0v) is 19.4. The van der Waals surface area contributed by atoms with Gasteiger partial charge in [-0.2, -0.15) is 0 Å². The first kappa shape index (κ1) is 23.7. The standard InChI is InChI=1S/C22H23ClN2O6S/c1-22(2)20(28)25(21(29)24(22)3)12-16(19(26)27)13-32(30,31)18-10-6-15(7-11-18)14-4-8-17(23)9-5-14/h4-11,16H,12-13H2,1-3H3,(H,26,27)/t16-/m1/s1. The van der Waals surface area contributed by atoms with Crippen molar-refractivity contribution >= 4 is 39.3 Å². The topological polar surface area (TPSA) is 112 Å². The summed E-state index contributed by atoms with van der Waals surface area (Å²) in [5, 5.41) is 10.2. The van der Waals surface area contributed by atoms with E-state index in [4.69, 9.17) is 11.6 Å². The van der Waals surface area contributed by atoms with Gasteiger partial charge in [-0.15, -0.1) is 0 Å². The van der Waals surface area contributed by atoms with Crippen LogP contribution in [0.1, 0.15) is 13.8 Å². The first-order chi connectivity index (χ1) is 14.8. The quantitative estimate of drug-likeness (QED) is 0.612. The third-order valence-corrected chi connectivity index (χ3v) is 7.77. The molecule has 1 N–H and O–H groups in total. The third-order valence-electron chi connectivity index (χ3n) is 5.69. The van der Waals surface area contributed by atoms with Crippen LogP contribution in [-0.2, 0) is 19.4 Å². The number of carbonyl (C=O) groups is 3. The lowest BCUT2D eigenvalue weighted by atomic mass is 10.0. The number of carboxylic acids is 1. The molecule has 170 valence electrons. The molecule has 1 heterocycles. The number of imide groups is 1. The number of rotatable bonds is 7. The Balaban J connectivity index is 1.80. The molecule has 2 aromatic rings. The van der Waals surface area contributed by atoms with Crippen LogP contribution in [0.3, 0.4) is 0 Å². The van der Waals surface area contributed by atoms with Crippen LogP contribution in [0.25, 0.3) is 11.1 Å². The average molecular weight is 479 g/mol. The first-order valence-corrected chi connectivity index (χ1v) is 11.8. The fourth-order valence-corrected chi connectivity index (χ4v) is 5.07. The van der Waals surface area contributed by atoms with Crippen LogP contribution < -0.4 is 0 Å². The zero-order valence-electron chi connectivity index (χ0n) is 17.8. The van der Waals surface area contributed by atoms with E-state index in [9.17, 15) is 27.9 Å². The molecular weight excluding hydrogens is 456 g/mol. The molecule has 0 bridgehead atoms. The zero-order chi connectivity index (χ0) is 23.8. The van der Waals surface area contributed by atoms with Crippen LogP contribution in [0.2, 0.25) is 5.02 Å². The van der Waals surface area contributed by atoms with Crippen LogP contribution in [0, 0.1) is 5.92 Å². The number of hydrogen-bond acceptors (Lipinski definition) is 5. The van der Waals surface area contributed by atoms with Crippen molar-refractivity contribution in [2.45, 2.75) is 24.3 Å². The van der Waals surface area contributed by atoms with Crippen molar-refractivity contribution < 1.29 is 27.9 Å². The Bertz CT molecular complexity index is 1160. The van der Waals surface area contributed by atoms with Crippen molar-refractivity contribution in [2.75, 3.05) is 19.3 Å². The van der Waals surface area contributed by atoms with Gasteiger partial charge in [0.25, 0.3) is 5.91 Å². The van der Waals surface area contributed by atoms with E-state index in [0.717, 1.165) is 16.0 Å². The summed E-state index contributed by atoms with van der Waals surface area (Å²) >= 11 is 5.89. The normalized spacial score (nSPS) is 17.0. The number of aliphatic carboxylic acids is 1. The van der Waals surface area contributed by atoms with Crippen molar-refractivity contribution in [1.82, 2.24) is 9.80 Å². The number of halogens is 1. The Kier molecular flexibility index (Phi) is 6.35. The summed E-state index contributed by atoms with van der Waals surface area (Å²) in [5.74, 6) is -4.18. The molecule has 1 aliphatic heterocycles. The maximum atomic E-state index is 12.9. The van der Waals surface area contributed by atoms with Gasteiger partial charge >= 0.3 is 12.0 Å². The van der Waals surface area contributed by atoms with E-state index in [1.54, 1.807) is 50.2 Å². The Labute approximate surface area is 191 Å². The van der Waals surface area contributed by atoms with Crippen molar-refractivity contribution in [3.63, 3.8) is 0 Å². The molecule has 3 rings (SSSR count). The maximum absolute atomic E-state index is 12.9. The van der Waals surface area contributed by atoms with Gasteiger partial charge in [0.1, 0.15) is 5.54 Å². The van der Waals surface area contributed by atoms with Gasteiger partial charge < -0.3 is 10.0 Å². The third kappa shape index (κ3) is 4.49. The number of benzene rings is 2. The van der Waals surface area contributed by atoms with Crippen LogP contribution in [0.5, 0.6) is 0 Å². The molecule has 2 aromatic carbocycles. The molecule has 0 unspecified atom stereocenters. The van der Waals surface area contributed by atoms with E-state index in [2.05, 4.69) is 0 Å². The smallest absolute Gasteiger partial charge is 0.327 e. The second-order valence-electron chi connectivity index (χ2n) is 8.16.